The van der Waals surface area contributed by atoms with Gasteiger partial charge in [-0.25, -0.2) is 4.79 Å². The highest BCUT2D eigenvalue weighted by Crippen LogP contribution is 2.00. The molecule has 2 rings (SSSR count). The summed E-state index contributed by atoms with van der Waals surface area (Å²) in [7, 11) is 0. The number of nitrogens with zero attached hydrogens (tertiary/aromatic N) is 2. The summed E-state index contributed by atoms with van der Waals surface area (Å²) in [6.45, 7) is 0. The van der Waals surface area contributed by atoms with Crippen LogP contribution in [0.25, 0.3) is 11.2 Å². The lowest BCUT2D eigenvalue weighted by molar-refractivity contribution is 0.548. The van der Waals surface area contributed by atoms with Crippen molar-refractivity contribution < 1.29 is 4.42 Å². The van der Waals surface area contributed by atoms with Crippen LogP contribution in [-0.4, -0.2) is 15.4 Å². The smallest absolute Gasteiger partial charge is 0.337 e. The SMILES string of the molecule is O=c1ccc2n[nH]nc2o1. The van der Waals surface area contributed by atoms with E-state index in [4.69, 9.17) is 0 Å². The molecule has 0 aliphatic rings. The Labute approximate surface area is 54.7 Å². The van der Waals surface area contributed by atoms with Crippen molar-refractivity contribution in [3.05, 3.63) is 22.6 Å². The first-order valence-corrected chi connectivity index (χ1v) is 2.67. The Kier molecular flexibility index (Phi) is 0.858. The fraction of sp³-hybridized carbons (Fsp3) is 0. The Balaban J connectivity index is 2.99. The van der Waals surface area contributed by atoms with E-state index in [9.17, 15) is 4.79 Å². The molecule has 0 spiro atoms. The Morgan fingerprint density at radius 1 is 1.40 bits per heavy atom. The maximum atomic E-state index is 10.5. The number of hydrogen-bond acceptors (Lipinski definition) is 4. The molecule has 0 aliphatic carbocycles. The molecule has 0 saturated carbocycles. The van der Waals surface area contributed by atoms with Gasteiger partial charge in [-0.15, -0.1) is 5.10 Å². The van der Waals surface area contributed by atoms with E-state index in [1.165, 1.54) is 6.07 Å². The second kappa shape index (κ2) is 1.66. The summed E-state index contributed by atoms with van der Waals surface area (Å²) >= 11 is 0. The third-order valence-electron chi connectivity index (χ3n) is 1.12. The molecule has 2 aromatic heterocycles. The normalized spacial score (nSPS) is 10.4. The van der Waals surface area contributed by atoms with Gasteiger partial charge >= 0.3 is 5.63 Å². The van der Waals surface area contributed by atoms with Gasteiger partial charge in [0.25, 0.3) is 5.71 Å². The average Bonchev–Trinajstić information content (AvgIpc) is 2.33. The monoisotopic (exact) mass is 137 g/mol. The van der Waals surface area contributed by atoms with Gasteiger partial charge in [0.05, 0.1) is 0 Å². The second-order valence-electron chi connectivity index (χ2n) is 1.77. The molecule has 5 heteroatoms. The van der Waals surface area contributed by atoms with E-state index < -0.39 is 5.63 Å². The highest BCUT2D eigenvalue weighted by Gasteiger charge is 1.97. The quantitative estimate of drug-likeness (QED) is 0.550. The van der Waals surface area contributed by atoms with Gasteiger partial charge < -0.3 is 4.42 Å². The van der Waals surface area contributed by atoms with Crippen molar-refractivity contribution in [2.45, 2.75) is 0 Å². The zero-order valence-electron chi connectivity index (χ0n) is 4.87. The second-order valence-corrected chi connectivity index (χ2v) is 1.77. The van der Waals surface area contributed by atoms with Gasteiger partial charge in [-0.3, -0.25) is 0 Å². The fourth-order valence-corrected chi connectivity index (χ4v) is 0.689. The number of rotatable bonds is 0. The van der Waals surface area contributed by atoms with Crippen molar-refractivity contribution in [1.29, 1.82) is 0 Å². The molecule has 10 heavy (non-hydrogen) atoms. The largest absolute Gasteiger partial charge is 0.400 e. The van der Waals surface area contributed by atoms with Crippen molar-refractivity contribution in [1.82, 2.24) is 15.4 Å². The summed E-state index contributed by atoms with van der Waals surface area (Å²) in [5.74, 6) is 0. The zero-order chi connectivity index (χ0) is 6.97. The van der Waals surface area contributed by atoms with Gasteiger partial charge in [-0.2, -0.15) is 10.3 Å². The standard InChI is InChI=1S/C5H3N3O2/c9-4-2-1-3-5(10-4)7-8-6-3/h1-2H,(H,6,7,8). The lowest BCUT2D eigenvalue weighted by Crippen LogP contribution is -1.93. The molecule has 2 heterocycles. The molecule has 5 nitrogen and oxygen atoms in total. The molecular weight excluding hydrogens is 134 g/mol. The number of aromatic nitrogens is 3. The van der Waals surface area contributed by atoms with Gasteiger partial charge in [0.15, 0.2) is 0 Å². The summed E-state index contributed by atoms with van der Waals surface area (Å²) in [6.07, 6.45) is 0. The molecule has 0 aliphatic heterocycles. The summed E-state index contributed by atoms with van der Waals surface area (Å²) in [5, 5.41) is 9.60. The molecule has 0 amide bonds. The lowest BCUT2D eigenvalue weighted by atomic mass is 10.5. The Morgan fingerprint density at radius 3 is 3.20 bits per heavy atom. The van der Waals surface area contributed by atoms with Crippen LogP contribution in [0.3, 0.4) is 0 Å². The van der Waals surface area contributed by atoms with E-state index in [2.05, 4.69) is 19.8 Å². The van der Waals surface area contributed by atoms with Gasteiger partial charge in [0, 0.05) is 6.07 Å². The van der Waals surface area contributed by atoms with Crippen LogP contribution < -0.4 is 5.63 Å². The van der Waals surface area contributed by atoms with E-state index in [1.54, 1.807) is 6.07 Å². The Hall–Kier alpha value is -1.65. The fourth-order valence-electron chi connectivity index (χ4n) is 0.689. The lowest BCUT2D eigenvalue weighted by Gasteiger charge is -1.78. The molecular formula is C5H3N3O2. The van der Waals surface area contributed by atoms with E-state index in [-0.39, 0.29) is 5.71 Å². The van der Waals surface area contributed by atoms with Gasteiger partial charge in [0.2, 0.25) is 0 Å². The zero-order valence-corrected chi connectivity index (χ0v) is 4.87. The van der Waals surface area contributed by atoms with E-state index >= 15 is 0 Å². The minimum absolute atomic E-state index is 0.243. The number of aromatic amines is 1. The Morgan fingerprint density at radius 2 is 2.30 bits per heavy atom. The molecule has 0 aromatic carbocycles. The van der Waals surface area contributed by atoms with Crippen molar-refractivity contribution in [3.8, 4) is 0 Å². The summed E-state index contributed by atoms with van der Waals surface area (Å²) in [5.41, 5.74) is 0.383. The minimum Gasteiger partial charge on any atom is -0.400 e. The molecule has 0 saturated heterocycles. The maximum Gasteiger partial charge on any atom is 0.337 e. The third kappa shape index (κ3) is 0.604. The number of fused-ring (bicyclic) bond motifs is 1. The molecule has 0 unspecified atom stereocenters. The molecule has 0 atom stereocenters. The van der Waals surface area contributed by atoms with Crippen molar-refractivity contribution in [2.75, 3.05) is 0 Å². The third-order valence-corrected chi connectivity index (χ3v) is 1.12. The van der Waals surface area contributed by atoms with Gasteiger partial charge in [-0.05, 0) is 6.07 Å². The van der Waals surface area contributed by atoms with Gasteiger partial charge in [-0.1, -0.05) is 0 Å². The molecule has 0 radical (unpaired) electrons. The Bertz CT molecular complexity index is 402. The number of nitrogens with one attached hydrogen (secondary N) is 1. The van der Waals surface area contributed by atoms with Crippen LogP contribution in [0.15, 0.2) is 21.3 Å². The summed E-state index contributed by atoms with van der Waals surface area (Å²) < 4.78 is 4.64. The first-order chi connectivity index (χ1) is 4.86. The predicted octanol–water partition coefficient (Wildman–Crippen LogP) is -0.0889. The molecule has 1 N–H and O–H groups in total. The van der Waals surface area contributed by atoms with Crippen LogP contribution >= 0.6 is 0 Å². The number of H-pyrrole nitrogens is 1. The van der Waals surface area contributed by atoms with Crippen molar-refractivity contribution >= 4 is 11.2 Å². The van der Waals surface area contributed by atoms with Crippen LogP contribution in [0.1, 0.15) is 0 Å². The summed E-state index contributed by atoms with van der Waals surface area (Å²) in [6, 6.07) is 2.84. The maximum absolute atomic E-state index is 10.5. The van der Waals surface area contributed by atoms with Crippen molar-refractivity contribution in [3.63, 3.8) is 0 Å². The molecule has 0 fully saturated rings. The van der Waals surface area contributed by atoms with Crippen LogP contribution in [0.4, 0.5) is 0 Å². The van der Waals surface area contributed by atoms with Crippen molar-refractivity contribution in [2.24, 2.45) is 0 Å². The predicted molar refractivity (Wildman–Crippen MR) is 32.4 cm³/mol. The van der Waals surface area contributed by atoms with E-state index in [1.807, 2.05) is 0 Å². The van der Waals surface area contributed by atoms with Crippen LogP contribution in [0, 0.1) is 0 Å². The molecule has 2 aromatic rings. The first-order valence-electron chi connectivity index (χ1n) is 2.67. The average molecular weight is 137 g/mol. The molecule has 50 valence electrons. The highest BCUT2D eigenvalue weighted by molar-refractivity contribution is 5.65. The van der Waals surface area contributed by atoms with E-state index in [0.29, 0.717) is 5.52 Å². The summed E-state index contributed by atoms with van der Waals surface area (Å²) in [4.78, 5) is 10.5. The first kappa shape index (κ1) is 5.16. The number of hydrogen-bond donors (Lipinski definition) is 1. The topological polar surface area (TPSA) is 71.8 Å². The van der Waals surface area contributed by atoms with Gasteiger partial charge in [0.1, 0.15) is 5.52 Å². The van der Waals surface area contributed by atoms with Crippen LogP contribution in [0.5, 0.6) is 0 Å². The minimum atomic E-state index is -0.415. The van der Waals surface area contributed by atoms with Crippen LogP contribution in [0.2, 0.25) is 0 Å². The highest BCUT2D eigenvalue weighted by atomic mass is 16.4. The van der Waals surface area contributed by atoms with E-state index in [0.717, 1.165) is 0 Å². The molecule has 0 bridgehead atoms. The van der Waals surface area contributed by atoms with Crippen LogP contribution in [-0.2, 0) is 0 Å².